The first-order valence-corrected chi connectivity index (χ1v) is 5.83. The number of fused-ring (bicyclic) bond motifs is 1. The van der Waals surface area contributed by atoms with Gasteiger partial charge in [0.15, 0.2) is 0 Å². The Labute approximate surface area is 103 Å². The number of hydrogen-bond donors (Lipinski definition) is 0. The van der Waals surface area contributed by atoms with Crippen LogP contribution in [0.3, 0.4) is 0 Å². The van der Waals surface area contributed by atoms with Crippen LogP contribution < -0.4 is 5.56 Å². The number of aromatic nitrogens is 2. The first-order valence-electron chi connectivity index (χ1n) is 4.92. The Bertz CT molecular complexity index is 592. The highest BCUT2D eigenvalue weighted by molar-refractivity contribution is 6.31. The molecule has 2 aromatic rings. The largest absolute Gasteiger partial charge is 0.295 e. The van der Waals surface area contributed by atoms with Crippen LogP contribution in [0.2, 0.25) is 5.02 Å². The third-order valence-electron chi connectivity index (χ3n) is 2.43. The number of benzene rings is 1. The summed E-state index contributed by atoms with van der Waals surface area (Å²) in [6.07, 6.45) is 0. The van der Waals surface area contributed by atoms with Gasteiger partial charge in [-0.1, -0.05) is 11.6 Å². The van der Waals surface area contributed by atoms with Gasteiger partial charge in [-0.25, -0.2) is 4.98 Å². The summed E-state index contributed by atoms with van der Waals surface area (Å²) in [6.45, 7) is 2.45. The van der Waals surface area contributed by atoms with E-state index < -0.39 is 0 Å². The minimum absolute atomic E-state index is 0.0696. The molecule has 1 heterocycles. The van der Waals surface area contributed by atoms with Crippen molar-refractivity contribution in [3.8, 4) is 0 Å². The van der Waals surface area contributed by atoms with Crippen molar-refractivity contribution in [3.63, 3.8) is 0 Å². The van der Waals surface area contributed by atoms with Crippen LogP contribution in [-0.4, -0.2) is 9.55 Å². The molecule has 1 aromatic carbocycles. The second kappa shape index (κ2) is 4.44. The number of nitrogens with zero attached hydrogens (tertiary/aromatic N) is 2. The molecule has 0 aliphatic rings. The minimum atomic E-state index is -0.0696. The lowest BCUT2D eigenvalue weighted by Gasteiger charge is -2.09. The molecular formula is C11H10Cl2N2O. The molecule has 84 valence electrons. The summed E-state index contributed by atoms with van der Waals surface area (Å²) in [5.41, 5.74) is 0.526. The molecule has 0 atom stereocenters. The highest BCUT2D eigenvalue weighted by Gasteiger charge is 2.08. The van der Waals surface area contributed by atoms with Gasteiger partial charge in [-0.15, -0.1) is 11.6 Å². The topological polar surface area (TPSA) is 34.9 Å². The summed E-state index contributed by atoms with van der Waals surface area (Å²) < 4.78 is 1.57. The Morgan fingerprint density at radius 3 is 2.81 bits per heavy atom. The Hall–Kier alpha value is -1.06. The van der Waals surface area contributed by atoms with Crippen LogP contribution >= 0.6 is 23.2 Å². The lowest BCUT2D eigenvalue weighted by molar-refractivity contribution is 0.680. The first-order chi connectivity index (χ1) is 7.67. The van der Waals surface area contributed by atoms with Crippen molar-refractivity contribution in [3.05, 3.63) is 39.4 Å². The number of hydrogen-bond acceptors (Lipinski definition) is 2. The van der Waals surface area contributed by atoms with Crippen LogP contribution in [0.1, 0.15) is 12.7 Å². The molecule has 1 aromatic heterocycles. The molecule has 0 spiro atoms. The Kier molecular flexibility index (Phi) is 3.17. The van der Waals surface area contributed by atoms with Gasteiger partial charge in [0.25, 0.3) is 5.56 Å². The van der Waals surface area contributed by atoms with Gasteiger partial charge < -0.3 is 0 Å². The molecule has 3 nitrogen and oxygen atoms in total. The molecule has 0 N–H and O–H groups in total. The zero-order chi connectivity index (χ0) is 11.7. The normalized spacial score (nSPS) is 10.9. The van der Waals surface area contributed by atoms with E-state index in [-0.39, 0.29) is 11.4 Å². The van der Waals surface area contributed by atoms with E-state index in [1.54, 1.807) is 22.8 Å². The molecule has 2 rings (SSSR count). The Morgan fingerprint density at radius 1 is 1.44 bits per heavy atom. The van der Waals surface area contributed by atoms with Gasteiger partial charge in [-0.2, -0.15) is 0 Å². The Balaban J connectivity index is 2.87. The molecule has 0 aliphatic carbocycles. The second-order valence-corrected chi connectivity index (χ2v) is 4.08. The molecule has 0 unspecified atom stereocenters. The molecule has 0 saturated heterocycles. The molecule has 0 aliphatic heterocycles. The Morgan fingerprint density at radius 2 is 2.19 bits per heavy atom. The molecule has 0 amide bonds. The summed E-state index contributed by atoms with van der Waals surface area (Å²) >= 11 is 11.6. The fourth-order valence-electron chi connectivity index (χ4n) is 1.67. The highest BCUT2D eigenvalue weighted by Crippen LogP contribution is 2.15. The average Bonchev–Trinajstić information content (AvgIpc) is 2.28. The van der Waals surface area contributed by atoms with Crippen molar-refractivity contribution < 1.29 is 0 Å². The lowest BCUT2D eigenvalue weighted by Crippen LogP contribution is -2.24. The van der Waals surface area contributed by atoms with Gasteiger partial charge in [-0.05, 0) is 25.1 Å². The van der Waals surface area contributed by atoms with Gasteiger partial charge in [0.05, 0.1) is 16.8 Å². The van der Waals surface area contributed by atoms with E-state index >= 15 is 0 Å². The SMILES string of the molecule is CCn1c(CCl)nc2cc(Cl)ccc2c1=O. The van der Waals surface area contributed by atoms with E-state index in [9.17, 15) is 4.79 Å². The fraction of sp³-hybridized carbons (Fsp3) is 0.273. The average molecular weight is 257 g/mol. The van der Waals surface area contributed by atoms with Crippen molar-refractivity contribution in [2.75, 3.05) is 0 Å². The van der Waals surface area contributed by atoms with E-state index in [2.05, 4.69) is 4.98 Å². The van der Waals surface area contributed by atoms with E-state index in [0.29, 0.717) is 28.3 Å². The van der Waals surface area contributed by atoms with Crippen LogP contribution in [0.5, 0.6) is 0 Å². The van der Waals surface area contributed by atoms with Crippen molar-refractivity contribution >= 4 is 34.1 Å². The number of halogens is 2. The highest BCUT2D eigenvalue weighted by atomic mass is 35.5. The molecular weight excluding hydrogens is 247 g/mol. The third kappa shape index (κ3) is 1.81. The molecule has 0 fully saturated rings. The van der Waals surface area contributed by atoms with Gasteiger partial charge in [0.1, 0.15) is 5.82 Å². The van der Waals surface area contributed by atoms with Gasteiger partial charge in [-0.3, -0.25) is 9.36 Å². The van der Waals surface area contributed by atoms with Crippen molar-refractivity contribution in [2.45, 2.75) is 19.3 Å². The predicted octanol–water partition coefficient (Wildman–Crippen LogP) is 2.81. The quantitative estimate of drug-likeness (QED) is 0.775. The van der Waals surface area contributed by atoms with Crippen LogP contribution in [0, 0.1) is 0 Å². The first kappa shape index (κ1) is 11.4. The van der Waals surface area contributed by atoms with E-state index in [0.717, 1.165) is 0 Å². The van der Waals surface area contributed by atoms with Gasteiger partial charge in [0, 0.05) is 11.6 Å². The smallest absolute Gasteiger partial charge is 0.261 e. The second-order valence-electron chi connectivity index (χ2n) is 3.37. The molecule has 16 heavy (non-hydrogen) atoms. The minimum Gasteiger partial charge on any atom is -0.295 e. The van der Waals surface area contributed by atoms with E-state index in [1.165, 1.54) is 0 Å². The maximum Gasteiger partial charge on any atom is 0.261 e. The maximum atomic E-state index is 12.1. The third-order valence-corrected chi connectivity index (χ3v) is 2.91. The van der Waals surface area contributed by atoms with Gasteiger partial charge in [0.2, 0.25) is 0 Å². The molecule has 0 radical (unpaired) electrons. The maximum absolute atomic E-state index is 12.1. The van der Waals surface area contributed by atoms with Crippen LogP contribution in [0.4, 0.5) is 0 Å². The van der Waals surface area contributed by atoms with Crippen molar-refractivity contribution in [1.29, 1.82) is 0 Å². The van der Waals surface area contributed by atoms with Crippen LogP contribution in [0.15, 0.2) is 23.0 Å². The van der Waals surface area contributed by atoms with Crippen LogP contribution in [0.25, 0.3) is 10.9 Å². The van der Waals surface area contributed by atoms with Gasteiger partial charge >= 0.3 is 0 Å². The monoisotopic (exact) mass is 256 g/mol. The molecule has 0 saturated carbocycles. The summed E-state index contributed by atoms with van der Waals surface area (Å²) in [7, 11) is 0. The van der Waals surface area contributed by atoms with Crippen molar-refractivity contribution in [1.82, 2.24) is 9.55 Å². The zero-order valence-electron chi connectivity index (χ0n) is 8.70. The number of rotatable bonds is 2. The number of alkyl halides is 1. The van der Waals surface area contributed by atoms with Crippen LogP contribution in [-0.2, 0) is 12.4 Å². The predicted molar refractivity (Wildman–Crippen MR) is 66.2 cm³/mol. The summed E-state index contributed by atoms with van der Waals surface area (Å²) in [6, 6.07) is 5.05. The van der Waals surface area contributed by atoms with E-state index in [1.807, 2.05) is 6.92 Å². The summed E-state index contributed by atoms with van der Waals surface area (Å²) in [5, 5.41) is 1.13. The molecule has 5 heteroatoms. The lowest BCUT2D eigenvalue weighted by atomic mass is 10.2. The molecule has 0 bridgehead atoms. The summed E-state index contributed by atoms with van der Waals surface area (Å²) in [5.74, 6) is 0.787. The van der Waals surface area contributed by atoms with Crippen molar-refractivity contribution in [2.24, 2.45) is 0 Å². The standard InChI is InChI=1S/C11H10Cl2N2O/c1-2-15-10(6-12)14-9-5-7(13)3-4-8(9)11(15)16/h3-5H,2,6H2,1H3. The fourth-order valence-corrected chi connectivity index (χ4v) is 2.04. The summed E-state index contributed by atoms with van der Waals surface area (Å²) in [4.78, 5) is 16.4. The zero-order valence-corrected chi connectivity index (χ0v) is 10.2. The van der Waals surface area contributed by atoms with E-state index in [4.69, 9.17) is 23.2 Å².